The highest BCUT2D eigenvalue weighted by Gasteiger charge is 2.02. The van der Waals surface area contributed by atoms with Gasteiger partial charge in [0.2, 0.25) is 5.91 Å². The smallest absolute Gasteiger partial charge is 0.220 e. The van der Waals surface area contributed by atoms with Crippen LogP contribution in [0.15, 0.2) is 36.8 Å². The van der Waals surface area contributed by atoms with Crippen LogP contribution in [0.4, 0.5) is 0 Å². The molecule has 0 radical (unpaired) electrons. The molecule has 2 heterocycles. The molecule has 0 aliphatic rings. The fraction of sp³-hybridized carbons (Fsp3) is 0.357. The number of carbonyl (C=O) groups excluding carboxylic acids is 1. The molecular weight excluding hydrogens is 240 g/mol. The highest BCUT2D eigenvalue weighted by Crippen LogP contribution is 1.98. The van der Waals surface area contributed by atoms with Crippen molar-refractivity contribution < 1.29 is 4.79 Å². The molecule has 0 aliphatic carbocycles. The molecule has 0 saturated carbocycles. The molecule has 0 spiro atoms. The highest BCUT2D eigenvalue weighted by molar-refractivity contribution is 5.76. The minimum atomic E-state index is 0.0742. The van der Waals surface area contributed by atoms with Crippen molar-refractivity contribution >= 4 is 5.91 Å². The van der Waals surface area contributed by atoms with Gasteiger partial charge < -0.3 is 10.3 Å². The fourth-order valence-corrected chi connectivity index (χ4v) is 1.79. The molecule has 0 fully saturated rings. The van der Waals surface area contributed by atoms with Crippen molar-refractivity contribution in [1.29, 1.82) is 0 Å². The molecular formula is C14H18N4O. The van der Waals surface area contributed by atoms with Gasteiger partial charge in [0.15, 0.2) is 0 Å². The first kappa shape index (κ1) is 13.3. The van der Waals surface area contributed by atoms with Gasteiger partial charge in [0, 0.05) is 43.7 Å². The summed E-state index contributed by atoms with van der Waals surface area (Å²) in [4.78, 5) is 23.0. The van der Waals surface area contributed by atoms with Gasteiger partial charge in [-0.2, -0.15) is 0 Å². The van der Waals surface area contributed by atoms with Gasteiger partial charge >= 0.3 is 0 Å². The molecule has 0 atom stereocenters. The summed E-state index contributed by atoms with van der Waals surface area (Å²) in [5, 5.41) is 2.91. The predicted octanol–water partition coefficient (Wildman–Crippen LogP) is 1.49. The number of aryl methyl sites for hydroxylation is 2. The molecule has 5 heteroatoms. The van der Waals surface area contributed by atoms with Crippen molar-refractivity contribution in [3.05, 3.63) is 48.3 Å². The molecule has 0 aliphatic heterocycles. The second kappa shape index (κ2) is 7.31. The number of hydrogen-bond acceptors (Lipinski definition) is 3. The first-order chi connectivity index (χ1) is 9.34. The number of imidazole rings is 1. The number of amides is 1. The summed E-state index contributed by atoms with van der Waals surface area (Å²) in [7, 11) is 0. The Bertz CT molecular complexity index is 481. The van der Waals surface area contributed by atoms with E-state index in [2.05, 4.69) is 20.3 Å². The summed E-state index contributed by atoms with van der Waals surface area (Å²) in [6.07, 6.45) is 8.21. The normalized spacial score (nSPS) is 10.3. The maximum atomic E-state index is 11.6. The van der Waals surface area contributed by atoms with Crippen LogP contribution in [0.2, 0.25) is 0 Å². The molecule has 0 unspecified atom stereocenters. The van der Waals surface area contributed by atoms with Crippen LogP contribution in [0.1, 0.15) is 24.4 Å². The standard InChI is InChI=1S/C14H18N4O/c19-14(7-6-12-4-1-2-8-15-12)18-9-3-5-13-16-10-11-17-13/h1-2,4,8,10-11H,3,5-7,9H2,(H,16,17)(H,18,19). The topological polar surface area (TPSA) is 70.7 Å². The van der Waals surface area contributed by atoms with Crippen LogP contribution in [0.5, 0.6) is 0 Å². The number of nitrogens with one attached hydrogen (secondary N) is 2. The average molecular weight is 258 g/mol. The van der Waals surface area contributed by atoms with E-state index in [4.69, 9.17) is 0 Å². The molecule has 2 aromatic heterocycles. The van der Waals surface area contributed by atoms with E-state index < -0.39 is 0 Å². The van der Waals surface area contributed by atoms with Gasteiger partial charge in [-0.15, -0.1) is 0 Å². The van der Waals surface area contributed by atoms with Crippen molar-refractivity contribution in [2.45, 2.75) is 25.7 Å². The number of pyridine rings is 1. The summed E-state index contributed by atoms with van der Waals surface area (Å²) >= 11 is 0. The van der Waals surface area contributed by atoms with Gasteiger partial charge in [0.25, 0.3) is 0 Å². The Kier molecular flexibility index (Phi) is 5.10. The summed E-state index contributed by atoms with van der Waals surface area (Å²) in [6, 6.07) is 5.74. The monoisotopic (exact) mass is 258 g/mol. The lowest BCUT2D eigenvalue weighted by Gasteiger charge is -2.04. The van der Waals surface area contributed by atoms with E-state index in [9.17, 15) is 4.79 Å². The lowest BCUT2D eigenvalue weighted by atomic mass is 10.2. The van der Waals surface area contributed by atoms with Gasteiger partial charge in [-0.1, -0.05) is 6.07 Å². The number of nitrogens with zero attached hydrogens (tertiary/aromatic N) is 2. The molecule has 0 bridgehead atoms. The van der Waals surface area contributed by atoms with Crippen LogP contribution in [-0.4, -0.2) is 27.4 Å². The number of carbonyl (C=O) groups is 1. The van der Waals surface area contributed by atoms with Crippen LogP contribution in [0.3, 0.4) is 0 Å². The highest BCUT2D eigenvalue weighted by atomic mass is 16.1. The van der Waals surface area contributed by atoms with Gasteiger partial charge in [0.05, 0.1) is 0 Å². The summed E-state index contributed by atoms with van der Waals surface area (Å²) in [6.45, 7) is 0.682. The maximum Gasteiger partial charge on any atom is 0.220 e. The lowest BCUT2D eigenvalue weighted by molar-refractivity contribution is -0.121. The molecule has 5 nitrogen and oxygen atoms in total. The van der Waals surface area contributed by atoms with Gasteiger partial charge in [-0.05, 0) is 25.0 Å². The molecule has 1 amide bonds. The molecule has 2 rings (SSSR count). The van der Waals surface area contributed by atoms with Crippen LogP contribution in [0.25, 0.3) is 0 Å². The van der Waals surface area contributed by atoms with Gasteiger partial charge in [0.1, 0.15) is 5.82 Å². The minimum absolute atomic E-state index is 0.0742. The van der Waals surface area contributed by atoms with Crippen molar-refractivity contribution in [3.8, 4) is 0 Å². The summed E-state index contributed by atoms with van der Waals surface area (Å²) < 4.78 is 0. The van der Waals surface area contributed by atoms with E-state index in [0.29, 0.717) is 19.4 Å². The quantitative estimate of drug-likeness (QED) is 0.739. The van der Waals surface area contributed by atoms with E-state index >= 15 is 0 Å². The Labute approximate surface area is 112 Å². The van der Waals surface area contributed by atoms with E-state index in [-0.39, 0.29) is 5.91 Å². The van der Waals surface area contributed by atoms with Gasteiger partial charge in [-0.3, -0.25) is 9.78 Å². The molecule has 100 valence electrons. The van der Waals surface area contributed by atoms with Crippen LogP contribution in [0, 0.1) is 0 Å². The first-order valence-corrected chi connectivity index (χ1v) is 6.49. The summed E-state index contributed by atoms with van der Waals surface area (Å²) in [5.41, 5.74) is 0.952. The van der Waals surface area contributed by atoms with Crippen LogP contribution in [-0.2, 0) is 17.6 Å². The Morgan fingerprint density at radius 1 is 1.21 bits per heavy atom. The molecule has 0 saturated heterocycles. The number of aromatic amines is 1. The number of rotatable bonds is 7. The summed E-state index contributed by atoms with van der Waals surface area (Å²) in [5.74, 6) is 1.04. The number of H-pyrrole nitrogens is 1. The van der Waals surface area contributed by atoms with Gasteiger partial charge in [-0.25, -0.2) is 4.98 Å². The van der Waals surface area contributed by atoms with E-state index in [1.54, 1.807) is 18.6 Å². The zero-order valence-electron chi connectivity index (χ0n) is 10.8. The molecule has 0 aromatic carbocycles. The largest absolute Gasteiger partial charge is 0.356 e. The SMILES string of the molecule is O=C(CCc1ccccn1)NCCCc1ncc[nH]1. The molecule has 2 N–H and O–H groups in total. The van der Waals surface area contributed by atoms with Crippen molar-refractivity contribution in [1.82, 2.24) is 20.3 Å². The second-order valence-corrected chi connectivity index (χ2v) is 4.31. The lowest BCUT2D eigenvalue weighted by Crippen LogP contribution is -2.25. The predicted molar refractivity (Wildman–Crippen MR) is 72.5 cm³/mol. The van der Waals surface area contributed by atoms with Crippen molar-refractivity contribution in [2.75, 3.05) is 6.54 Å². The second-order valence-electron chi connectivity index (χ2n) is 4.31. The number of aromatic nitrogens is 3. The third-order valence-corrected chi connectivity index (χ3v) is 2.80. The average Bonchev–Trinajstić information content (AvgIpc) is 2.96. The minimum Gasteiger partial charge on any atom is -0.356 e. The van der Waals surface area contributed by atoms with E-state index in [1.807, 2.05) is 18.2 Å². The molecule has 19 heavy (non-hydrogen) atoms. The molecule has 2 aromatic rings. The van der Waals surface area contributed by atoms with Crippen molar-refractivity contribution in [3.63, 3.8) is 0 Å². The Morgan fingerprint density at radius 2 is 2.16 bits per heavy atom. The van der Waals surface area contributed by atoms with E-state index in [0.717, 1.165) is 24.4 Å². The third-order valence-electron chi connectivity index (χ3n) is 2.80. The van der Waals surface area contributed by atoms with Crippen LogP contribution < -0.4 is 5.32 Å². The number of hydrogen-bond donors (Lipinski definition) is 2. The fourth-order valence-electron chi connectivity index (χ4n) is 1.79. The Balaban J connectivity index is 1.57. The first-order valence-electron chi connectivity index (χ1n) is 6.49. The van der Waals surface area contributed by atoms with Crippen LogP contribution >= 0.6 is 0 Å². The van der Waals surface area contributed by atoms with E-state index in [1.165, 1.54) is 0 Å². The third kappa shape index (κ3) is 4.91. The zero-order chi connectivity index (χ0) is 13.3. The maximum absolute atomic E-state index is 11.6. The Hall–Kier alpha value is -2.17. The van der Waals surface area contributed by atoms with Crippen molar-refractivity contribution in [2.24, 2.45) is 0 Å². The Morgan fingerprint density at radius 3 is 2.89 bits per heavy atom. The zero-order valence-corrected chi connectivity index (χ0v) is 10.8.